The predicted octanol–water partition coefficient (Wildman–Crippen LogP) is 1.77. The van der Waals surface area contributed by atoms with E-state index in [4.69, 9.17) is 5.11 Å². The fourth-order valence-corrected chi connectivity index (χ4v) is 1.99. The molecule has 0 saturated heterocycles. The molecule has 0 aromatic carbocycles. The smallest absolute Gasteiger partial charge is 0.0530 e. The maximum absolute atomic E-state index is 8.34. The second kappa shape index (κ2) is 5.79. The molecule has 8 heavy (non-hydrogen) atoms. The van der Waals surface area contributed by atoms with Crippen LogP contribution in [0.25, 0.3) is 0 Å². The lowest BCUT2D eigenvalue weighted by Gasteiger charge is -1.99. The molecule has 0 aliphatic rings. The van der Waals surface area contributed by atoms with E-state index in [0.717, 1.165) is 5.75 Å². The van der Waals surface area contributed by atoms with Gasteiger partial charge in [0.15, 0.2) is 0 Å². The van der Waals surface area contributed by atoms with Crippen molar-refractivity contribution in [1.29, 1.82) is 0 Å². The van der Waals surface area contributed by atoms with Crippen LogP contribution in [0.1, 0.15) is 13.8 Å². The topological polar surface area (TPSA) is 20.2 Å². The molecule has 50 valence electrons. The molecule has 0 spiro atoms. The molecule has 0 bridgehead atoms. The molecule has 1 N–H and O–H groups in total. The average molecular weight is 152 g/mol. The summed E-state index contributed by atoms with van der Waals surface area (Å²) in [7, 11) is 3.54. The van der Waals surface area contributed by atoms with Gasteiger partial charge in [-0.3, -0.25) is 0 Å². The second-order valence-corrected chi connectivity index (χ2v) is 4.75. The van der Waals surface area contributed by atoms with Crippen LogP contribution in [0.2, 0.25) is 0 Å². The number of hydrogen-bond acceptors (Lipinski definition) is 3. The van der Waals surface area contributed by atoms with Crippen molar-refractivity contribution in [2.75, 3.05) is 12.4 Å². The van der Waals surface area contributed by atoms with Crippen molar-refractivity contribution in [3.8, 4) is 0 Å². The molecule has 0 rings (SSSR count). The van der Waals surface area contributed by atoms with Gasteiger partial charge in [0.05, 0.1) is 6.61 Å². The van der Waals surface area contributed by atoms with Crippen LogP contribution in [0.3, 0.4) is 0 Å². The van der Waals surface area contributed by atoms with Gasteiger partial charge in [0.25, 0.3) is 0 Å². The second-order valence-electron chi connectivity index (χ2n) is 1.69. The zero-order valence-corrected chi connectivity index (χ0v) is 6.89. The van der Waals surface area contributed by atoms with Crippen molar-refractivity contribution in [2.45, 2.75) is 19.1 Å². The Bertz CT molecular complexity index is 47.7. The van der Waals surface area contributed by atoms with Crippen molar-refractivity contribution < 1.29 is 5.11 Å². The van der Waals surface area contributed by atoms with E-state index in [-0.39, 0.29) is 0 Å². The minimum absolute atomic E-state index is 0.296. The Balaban J connectivity index is 2.72. The molecule has 0 atom stereocenters. The summed E-state index contributed by atoms with van der Waals surface area (Å²) in [4.78, 5) is 0. The van der Waals surface area contributed by atoms with Crippen LogP contribution in [-0.2, 0) is 0 Å². The summed E-state index contributed by atoms with van der Waals surface area (Å²) in [5, 5.41) is 9.02. The van der Waals surface area contributed by atoms with Gasteiger partial charge in [-0.25, -0.2) is 0 Å². The average Bonchev–Trinajstić information content (AvgIpc) is 1.66. The first-order valence-electron chi connectivity index (χ1n) is 2.66. The van der Waals surface area contributed by atoms with E-state index in [1.165, 1.54) is 0 Å². The highest BCUT2D eigenvalue weighted by atomic mass is 33.1. The molecular formula is C5H12OS2. The number of hydrogen-bond donors (Lipinski definition) is 1. The van der Waals surface area contributed by atoms with E-state index >= 15 is 0 Å². The van der Waals surface area contributed by atoms with E-state index in [1.807, 2.05) is 10.8 Å². The summed E-state index contributed by atoms with van der Waals surface area (Å²) >= 11 is 0. The first-order chi connectivity index (χ1) is 3.77. The minimum Gasteiger partial charge on any atom is -0.395 e. The highest BCUT2D eigenvalue weighted by Crippen LogP contribution is 2.24. The summed E-state index contributed by atoms with van der Waals surface area (Å²) in [5.41, 5.74) is 0. The van der Waals surface area contributed by atoms with E-state index in [1.54, 1.807) is 10.8 Å². The molecule has 0 aromatic heterocycles. The first kappa shape index (κ1) is 8.66. The molecule has 0 aliphatic heterocycles. The van der Waals surface area contributed by atoms with Gasteiger partial charge in [-0.1, -0.05) is 35.4 Å². The molecule has 0 saturated carbocycles. The summed E-state index contributed by atoms with van der Waals surface area (Å²) in [6.45, 7) is 4.59. The van der Waals surface area contributed by atoms with Gasteiger partial charge >= 0.3 is 0 Å². The van der Waals surface area contributed by atoms with E-state index in [9.17, 15) is 0 Å². The van der Waals surface area contributed by atoms with Gasteiger partial charge in [-0.05, 0) is 0 Å². The van der Waals surface area contributed by atoms with Crippen LogP contribution in [0, 0.1) is 0 Å². The predicted molar refractivity (Wildman–Crippen MR) is 42.3 cm³/mol. The molecule has 0 amide bonds. The molecule has 1 nitrogen and oxygen atoms in total. The van der Waals surface area contributed by atoms with Crippen molar-refractivity contribution in [3.05, 3.63) is 0 Å². The third kappa shape index (κ3) is 6.66. The summed E-state index contributed by atoms with van der Waals surface area (Å²) in [6.07, 6.45) is 0. The Kier molecular flexibility index (Phi) is 6.27. The third-order valence-corrected chi connectivity index (χ3v) is 3.37. The van der Waals surface area contributed by atoms with Gasteiger partial charge in [0, 0.05) is 11.0 Å². The quantitative estimate of drug-likeness (QED) is 0.490. The number of rotatable bonds is 4. The highest BCUT2D eigenvalue weighted by Gasteiger charge is 1.91. The zero-order chi connectivity index (χ0) is 6.41. The Morgan fingerprint density at radius 2 is 2.12 bits per heavy atom. The van der Waals surface area contributed by atoms with Crippen molar-refractivity contribution in [1.82, 2.24) is 0 Å². The first-order valence-corrected chi connectivity index (χ1v) is 5.04. The fourth-order valence-electron chi connectivity index (χ4n) is 0.221. The van der Waals surface area contributed by atoms with Gasteiger partial charge < -0.3 is 5.11 Å². The Hall–Kier alpha value is 0.660. The van der Waals surface area contributed by atoms with Crippen molar-refractivity contribution in [2.24, 2.45) is 0 Å². The molecular weight excluding hydrogens is 140 g/mol. The van der Waals surface area contributed by atoms with Gasteiger partial charge in [-0.15, -0.1) is 0 Å². The normalized spacial score (nSPS) is 10.5. The summed E-state index contributed by atoms with van der Waals surface area (Å²) < 4.78 is 0. The van der Waals surface area contributed by atoms with Crippen molar-refractivity contribution in [3.63, 3.8) is 0 Å². The Morgan fingerprint density at radius 1 is 1.50 bits per heavy atom. The molecule has 0 fully saturated rings. The molecule has 0 radical (unpaired) electrons. The van der Waals surface area contributed by atoms with E-state index in [0.29, 0.717) is 11.9 Å². The monoisotopic (exact) mass is 152 g/mol. The molecule has 0 aromatic rings. The van der Waals surface area contributed by atoms with Gasteiger partial charge in [0.1, 0.15) is 0 Å². The maximum Gasteiger partial charge on any atom is 0.0530 e. The highest BCUT2D eigenvalue weighted by molar-refractivity contribution is 8.76. The SMILES string of the molecule is CC(C)SSCCO. The van der Waals surface area contributed by atoms with Crippen LogP contribution in [0.4, 0.5) is 0 Å². The Labute approximate surface area is 58.6 Å². The lowest BCUT2D eigenvalue weighted by molar-refractivity contribution is 0.323. The van der Waals surface area contributed by atoms with Crippen LogP contribution in [0.15, 0.2) is 0 Å². The van der Waals surface area contributed by atoms with Crippen molar-refractivity contribution >= 4 is 21.6 Å². The van der Waals surface area contributed by atoms with Crippen LogP contribution in [-0.4, -0.2) is 22.7 Å². The standard InChI is InChI=1S/C5H12OS2/c1-5(2)8-7-4-3-6/h5-6H,3-4H2,1-2H3. The lowest BCUT2D eigenvalue weighted by atomic mass is 10.6. The van der Waals surface area contributed by atoms with Crippen LogP contribution < -0.4 is 0 Å². The molecule has 0 aliphatic carbocycles. The summed E-state index contributed by atoms with van der Waals surface area (Å²) in [5.74, 6) is 0.850. The van der Waals surface area contributed by atoms with Crippen LogP contribution in [0.5, 0.6) is 0 Å². The summed E-state index contributed by atoms with van der Waals surface area (Å²) in [6, 6.07) is 0. The Morgan fingerprint density at radius 3 is 2.50 bits per heavy atom. The largest absolute Gasteiger partial charge is 0.395 e. The molecule has 3 heteroatoms. The van der Waals surface area contributed by atoms with E-state index < -0.39 is 0 Å². The van der Waals surface area contributed by atoms with Gasteiger partial charge in [0.2, 0.25) is 0 Å². The number of aliphatic hydroxyl groups excluding tert-OH is 1. The molecule has 0 heterocycles. The zero-order valence-electron chi connectivity index (χ0n) is 5.26. The third-order valence-electron chi connectivity index (χ3n) is 0.435. The minimum atomic E-state index is 0.296. The molecule has 0 unspecified atom stereocenters. The van der Waals surface area contributed by atoms with Gasteiger partial charge in [-0.2, -0.15) is 0 Å². The lowest BCUT2D eigenvalue weighted by Crippen LogP contribution is -1.86. The van der Waals surface area contributed by atoms with Crippen LogP contribution >= 0.6 is 21.6 Å². The maximum atomic E-state index is 8.34. The number of aliphatic hydroxyl groups is 1. The van der Waals surface area contributed by atoms with E-state index in [2.05, 4.69) is 13.8 Å². The fraction of sp³-hybridized carbons (Fsp3) is 1.00.